The molecule has 1 saturated carbocycles. The predicted octanol–water partition coefficient (Wildman–Crippen LogP) is 5.01. The van der Waals surface area contributed by atoms with Gasteiger partial charge in [0.25, 0.3) is 0 Å². The highest BCUT2D eigenvalue weighted by Crippen LogP contribution is 2.22. The predicted molar refractivity (Wildman–Crippen MR) is 117 cm³/mol. The van der Waals surface area contributed by atoms with Crippen LogP contribution in [0.4, 0.5) is 0 Å². The third-order valence-electron chi connectivity index (χ3n) is 5.47. The number of carbonyl (C=O) groups is 2. The molecule has 0 aromatic heterocycles. The number of hydrogen-bond acceptors (Lipinski definition) is 2. The molecule has 0 unspecified atom stereocenters. The molecule has 0 spiro atoms. The van der Waals surface area contributed by atoms with Crippen LogP contribution in [0.1, 0.15) is 43.7 Å². The third kappa shape index (κ3) is 5.74. The second-order valence-corrected chi connectivity index (χ2v) is 8.36. The molecular weight excluding hydrogens is 407 g/mol. The molecule has 29 heavy (non-hydrogen) atoms. The maximum atomic E-state index is 13.2. The number of hydrogen-bond donors (Lipinski definition) is 1. The second-order valence-electron chi connectivity index (χ2n) is 7.55. The van der Waals surface area contributed by atoms with E-state index in [9.17, 15) is 9.59 Å². The van der Waals surface area contributed by atoms with E-state index in [1.54, 1.807) is 24.0 Å². The zero-order valence-corrected chi connectivity index (χ0v) is 18.0. The molecule has 3 rings (SSSR count). The van der Waals surface area contributed by atoms with Crippen molar-refractivity contribution in [3.8, 4) is 0 Å². The summed E-state index contributed by atoms with van der Waals surface area (Å²) in [6, 6.07) is 14.2. The molecule has 1 aliphatic rings. The Labute approximate surface area is 182 Å². The van der Waals surface area contributed by atoms with Gasteiger partial charge in [-0.3, -0.25) is 9.59 Å². The van der Waals surface area contributed by atoms with Gasteiger partial charge in [0.05, 0.1) is 6.42 Å². The summed E-state index contributed by atoms with van der Waals surface area (Å²) >= 11 is 12.6. The van der Waals surface area contributed by atoms with Crippen molar-refractivity contribution in [3.05, 3.63) is 69.7 Å². The quantitative estimate of drug-likeness (QED) is 0.667. The monoisotopic (exact) mass is 432 g/mol. The first-order valence-electron chi connectivity index (χ1n) is 10.0. The molecule has 0 radical (unpaired) electrons. The molecule has 4 nitrogen and oxygen atoms in total. The minimum absolute atomic E-state index is 0.128. The molecule has 0 aliphatic heterocycles. The van der Waals surface area contributed by atoms with Gasteiger partial charge in [-0.1, -0.05) is 72.4 Å². The van der Waals surface area contributed by atoms with Crippen LogP contribution in [0, 0.1) is 0 Å². The summed E-state index contributed by atoms with van der Waals surface area (Å²) in [7, 11) is 0. The van der Waals surface area contributed by atoms with Crippen molar-refractivity contribution in [2.75, 3.05) is 0 Å². The van der Waals surface area contributed by atoms with Crippen LogP contribution in [-0.2, 0) is 22.6 Å². The SMILES string of the molecule is C[C@@H](C(=O)NC1CCCC1)N(Cc1ccccc1Cl)C(=O)Cc1ccccc1Cl. The van der Waals surface area contributed by atoms with Crippen LogP contribution < -0.4 is 5.32 Å². The van der Waals surface area contributed by atoms with E-state index in [4.69, 9.17) is 23.2 Å². The maximum Gasteiger partial charge on any atom is 0.242 e. The Balaban J connectivity index is 1.80. The highest BCUT2D eigenvalue weighted by molar-refractivity contribution is 6.31. The number of nitrogens with one attached hydrogen (secondary N) is 1. The van der Waals surface area contributed by atoms with Gasteiger partial charge in [0.15, 0.2) is 0 Å². The van der Waals surface area contributed by atoms with Gasteiger partial charge in [-0.2, -0.15) is 0 Å². The van der Waals surface area contributed by atoms with Crippen LogP contribution in [0.15, 0.2) is 48.5 Å². The first-order chi connectivity index (χ1) is 14.0. The Hall–Kier alpha value is -2.04. The van der Waals surface area contributed by atoms with E-state index >= 15 is 0 Å². The first-order valence-corrected chi connectivity index (χ1v) is 10.8. The lowest BCUT2D eigenvalue weighted by atomic mass is 10.1. The van der Waals surface area contributed by atoms with Gasteiger partial charge in [0.1, 0.15) is 6.04 Å². The average molecular weight is 433 g/mol. The zero-order chi connectivity index (χ0) is 20.8. The van der Waals surface area contributed by atoms with Crippen molar-refractivity contribution >= 4 is 35.0 Å². The van der Waals surface area contributed by atoms with Gasteiger partial charge in [-0.05, 0) is 43.0 Å². The van der Waals surface area contributed by atoms with Crippen LogP contribution in [0.25, 0.3) is 0 Å². The van der Waals surface area contributed by atoms with Crippen molar-refractivity contribution in [2.45, 2.75) is 57.7 Å². The number of benzene rings is 2. The van der Waals surface area contributed by atoms with E-state index in [2.05, 4.69) is 5.32 Å². The number of nitrogens with zero attached hydrogens (tertiary/aromatic N) is 1. The molecule has 1 N–H and O–H groups in total. The summed E-state index contributed by atoms with van der Waals surface area (Å²) in [5.41, 5.74) is 1.55. The maximum absolute atomic E-state index is 13.2. The lowest BCUT2D eigenvalue weighted by molar-refractivity contribution is -0.140. The van der Waals surface area contributed by atoms with E-state index in [-0.39, 0.29) is 30.8 Å². The van der Waals surface area contributed by atoms with Crippen LogP contribution >= 0.6 is 23.2 Å². The molecule has 2 aromatic rings. The normalized spacial score (nSPS) is 15.1. The Bertz CT molecular complexity index is 865. The smallest absolute Gasteiger partial charge is 0.242 e. The lowest BCUT2D eigenvalue weighted by Gasteiger charge is -2.30. The van der Waals surface area contributed by atoms with Crippen LogP contribution in [0.2, 0.25) is 10.0 Å². The van der Waals surface area contributed by atoms with Gasteiger partial charge in [0.2, 0.25) is 11.8 Å². The molecule has 1 atom stereocenters. The molecule has 0 heterocycles. The minimum atomic E-state index is -0.609. The van der Waals surface area contributed by atoms with Crippen molar-refractivity contribution in [1.82, 2.24) is 10.2 Å². The number of rotatable bonds is 7. The molecule has 1 fully saturated rings. The fourth-order valence-electron chi connectivity index (χ4n) is 3.69. The summed E-state index contributed by atoms with van der Waals surface area (Å²) in [6.07, 6.45) is 4.39. The van der Waals surface area contributed by atoms with Crippen molar-refractivity contribution in [2.24, 2.45) is 0 Å². The second kappa shape index (κ2) is 10.1. The lowest BCUT2D eigenvalue weighted by Crippen LogP contribution is -2.50. The summed E-state index contributed by atoms with van der Waals surface area (Å²) in [5, 5.41) is 4.22. The highest BCUT2D eigenvalue weighted by atomic mass is 35.5. The van der Waals surface area contributed by atoms with Crippen LogP contribution in [0.5, 0.6) is 0 Å². The van der Waals surface area contributed by atoms with Gasteiger partial charge >= 0.3 is 0 Å². The first kappa shape index (κ1) is 21.7. The van der Waals surface area contributed by atoms with E-state index < -0.39 is 6.04 Å². The number of carbonyl (C=O) groups excluding carboxylic acids is 2. The third-order valence-corrected chi connectivity index (χ3v) is 6.20. The molecule has 0 bridgehead atoms. The fraction of sp³-hybridized carbons (Fsp3) is 0.391. The molecule has 2 aromatic carbocycles. The largest absolute Gasteiger partial charge is 0.352 e. The van der Waals surface area contributed by atoms with Gasteiger partial charge in [-0.15, -0.1) is 0 Å². The zero-order valence-electron chi connectivity index (χ0n) is 16.5. The Kier molecular flexibility index (Phi) is 7.57. The molecule has 0 saturated heterocycles. The average Bonchev–Trinajstić information content (AvgIpc) is 3.21. The summed E-state index contributed by atoms with van der Waals surface area (Å²) in [5.74, 6) is -0.288. The highest BCUT2D eigenvalue weighted by Gasteiger charge is 2.29. The van der Waals surface area contributed by atoms with Crippen molar-refractivity contribution < 1.29 is 9.59 Å². The Morgan fingerprint density at radius 3 is 2.14 bits per heavy atom. The molecule has 154 valence electrons. The summed E-state index contributed by atoms with van der Waals surface area (Å²) in [6.45, 7) is 2.04. The Morgan fingerprint density at radius 2 is 1.55 bits per heavy atom. The van der Waals surface area contributed by atoms with Crippen LogP contribution in [-0.4, -0.2) is 28.8 Å². The van der Waals surface area contributed by atoms with E-state index in [1.165, 1.54) is 0 Å². The van der Waals surface area contributed by atoms with Crippen molar-refractivity contribution in [1.29, 1.82) is 0 Å². The van der Waals surface area contributed by atoms with Gasteiger partial charge in [-0.25, -0.2) is 0 Å². The summed E-state index contributed by atoms with van der Waals surface area (Å²) in [4.78, 5) is 27.7. The molecule has 1 aliphatic carbocycles. The van der Waals surface area contributed by atoms with Crippen molar-refractivity contribution in [3.63, 3.8) is 0 Å². The number of halogens is 2. The Morgan fingerprint density at radius 1 is 1.00 bits per heavy atom. The van der Waals surface area contributed by atoms with E-state index in [0.717, 1.165) is 36.8 Å². The minimum Gasteiger partial charge on any atom is -0.352 e. The molecular formula is C23H26Cl2N2O2. The molecule has 6 heteroatoms. The van der Waals surface area contributed by atoms with E-state index in [0.29, 0.717) is 10.0 Å². The van der Waals surface area contributed by atoms with E-state index in [1.807, 2.05) is 36.4 Å². The van der Waals surface area contributed by atoms with Gasteiger partial charge in [0, 0.05) is 22.6 Å². The standard InChI is InChI=1S/C23H26Cl2N2O2/c1-16(23(29)26-19-10-4-5-11-19)27(15-18-9-3-7-13-21(18)25)22(28)14-17-8-2-6-12-20(17)24/h2-3,6-9,12-13,16,19H,4-5,10-11,14-15H2,1H3,(H,26,29)/t16-/m0/s1. The topological polar surface area (TPSA) is 49.4 Å². The fourth-order valence-corrected chi connectivity index (χ4v) is 4.09. The number of amides is 2. The van der Waals surface area contributed by atoms with Crippen LogP contribution in [0.3, 0.4) is 0 Å². The summed E-state index contributed by atoms with van der Waals surface area (Å²) < 4.78 is 0. The molecule has 2 amide bonds. The van der Waals surface area contributed by atoms with Gasteiger partial charge < -0.3 is 10.2 Å².